The van der Waals surface area contributed by atoms with Gasteiger partial charge in [0.1, 0.15) is 12.4 Å². The molecule has 6 nitrogen and oxygen atoms in total. The van der Waals surface area contributed by atoms with E-state index in [4.69, 9.17) is 9.47 Å². The van der Waals surface area contributed by atoms with Crippen LogP contribution in [0.5, 0.6) is 5.75 Å². The van der Waals surface area contributed by atoms with Crippen LogP contribution in [0.1, 0.15) is 31.8 Å². The van der Waals surface area contributed by atoms with Crippen LogP contribution in [0.2, 0.25) is 0 Å². The summed E-state index contributed by atoms with van der Waals surface area (Å²) in [6, 6.07) is 12.3. The van der Waals surface area contributed by atoms with Crippen molar-refractivity contribution >= 4 is 17.8 Å². The summed E-state index contributed by atoms with van der Waals surface area (Å²) < 4.78 is 10.5. The highest BCUT2D eigenvalue weighted by atomic mass is 16.6. The van der Waals surface area contributed by atoms with E-state index in [2.05, 4.69) is 0 Å². The van der Waals surface area contributed by atoms with E-state index in [9.17, 15) is 14.4 Å². The van der Waals surface area contributed by atoms with Gasteiger partial charge < -0.3 is 9.47 Å². The molecule has 2 amide bonds. The normalized spacial score (nSPS) is 12.9. The third-order valence-corrected chi connectivity index (χ3v) is 4.13. The Morgan fingerprint density at radius 1 is 1.00 bits per heavy atom. The summed E-state index contributed by atoms with van der Waals surface area (Å²) in [5, 5.41) is 0. The molecule has 1 aliphatic rings. The largest absolute Gasteiger partial charge is 0.482 e. The molecule has 0 fully saturated rings. The molecule has 0 N–H and O–H groups in total. The van der Waals surface area contributed by atoms with E-state index in [1.54, 1.807) is 30.3 Å². The average Bonchev–Trinajstić information content (AvgIpc) is 2.86. The minimum Gasteiger partial charge on any atom is -0.482 e. The van der Waals surface area contributed by atoms with E-state index in [0.29, 0.717) is 16.9 Å². The van der Waals surface area contributed by atoms with Crippen LogP contribution in [0.3, 0.4) is 0 Å². The Morgan fingerprint density at radius 2 is 1.65 bits per heavy atom. The van der Waals surface area contributed by atoms with E-state index in [1.807, 2.05) is 26.0 Å². The molecule has 0 bridgehead atoms. The number of esters is 1. The van der Waals surface area contributed by atoms with Crippen molar-refractivity contribution in [2.45, 2.75) is 13.8 Å². The monoisotopic (exact) mass is 353 g/mol. The summed E-state index contributed by atoms with van der Waals surface area (Å²) in [6.45, 7) is 3.59. The van der Waals surface area contributed by atoms with Gasteiger partial charge in [-0.3, -0.25) is 14.5 Å². The number of amides is 2. The van der Waals surface area contributed by atoms with Crippen LogP contribution >= 0.6 is 0 Å². The Labute approximate surface area is 151 Å². The lowest BCUT2D eigenvalue weighted by atomic mass is 10.1. The number of carbonyl (C=O) groups excluding carboxylic acids is 3. The molecule has 0 unspecified atom stereocenters. The van der Waals surface area contributed by atoms with Gasteiger partial charge in [0, 0.05) is 0 Å². The van der Waals surface area contributed by atoms with Crippen LogP contribution in [0.4, 0.5) is 0 Å². The van der Waals surface area contributed by atoms with Gasteiger partial charge in [-0.2, -0.15) is 0 Å². The first kappa shape index (κ1) is 17.7. The van der Waals surface area contributed by atoms with Crippen LogP contribution in [-0.4, -0.2) is 42.4 Å². The number of aryl methyl sites for hydroxylation is 2. The van der Waals surface area contributed by atoms with E-state index in [0.717, 1.165) is 16.0 Å². The number of rotatable bonds is 6. The predicted octanol–water partition coefficient (Wildman–Crippen LogP) is 2.52. The minimum atomic E-state index is -0.554. The number of benzene rings is 2. The molecule has 134 valence electrons. The zero-order valence-corrected chi connectivity index (χ0v) is 14.7. The van der Waals surface area contributed by atoms with Gasteiger partial charge in [0.15, 0.2) is 6.61 Å². The van der Waals surface area contributed by atoms with Crippen LogP contribution in [0, 0.1) is 13.8 Å². The molecule has 0 atom stereocenters. The van der Waals surface area contributed by atoms with Crippen LogP contribution < -0.4 is 4.74 Å². The molecule has 0 radical (unpaired) electrons. The van der Waals surface area contributed by atoms with E-state index in [1.165, 1.54) is 0 Å². The molecule has 0 saturated carbocycles. The molecule has 6 heteroatoms. The molecule has 2 aromatic rings. The Bertz CT molecular complexity index is 839. The van der Waals surface area contributed by atoms with Crippen LogP contribution in [-0.2, 0) is 9.53 Å². The minimum absolute atomic E-state index is 0.0155. The first-order valence-electron chi connectivity index (χ1n) is 8.28. The van der Waals surface area contributed by atoms with Crippen molar-refractivity contribution in [2.24, 2.45) is 0 Å². The second kappa shape index (κ2) is 7.39. The van der Waals surface area contributed by atoms with Crippen molar-refractivity contribution in [3.8, 4) is 5.75 Å². The number of nitrogens with zero attached hydrogens (tertiary/aromatic N) is 1. The standard InChI is InChI=1S/C20H19NO5/c1-13-7-8-17(14(2)11-13)26-12-18(22)25-10-9-21-19(23)15-5-3-4-6-16(15)20(21)24/h3-8,11H,9-10,12H2,1-2H3. The topological polar surface area (TPSA) is 72.9 Å². The van der Waals surface area contributed by atoms with Crippen LogP contribution in [0.25, 0.3) is 0 Å². The smallest absolute Gasteiger partial charge is 0.344 e. The molecule has 0 spiro atoms. The number of hydrogen-bond acceptors (Lipinski definition) is 5. The van der Waals surface area contributed by atoms with Crippen LogP contribution in [0.15, 0.2) is 42.5 Å². The van der Waals surface area contributed by atoms with Gasteiger partial charge in [-0.15, -0.1) is 0 Å². The SMILES string of the molecule is Cc1ccc(OCC(=O)OCCN2C(=O)c3ccccc3C2=O)c(C)c1. The lowest BCUT2D eigenvalue weighted by Crippen LogP contribution is -2.34. The summed E-state index contributed by atoms with van der Waals surface area (Å²) in [5.74, 6) is -0.671. The van der Waals surface area contributed by atoms with Gasteiger partial charge in [0.05, 0.1) is 17.7 Å². The van der Waals surface area contributed by atoms with Gasteiger partial charge in [-0.05, 0) is 37.6 Å². The molecule has 0 aliphatic carbocycles. The Morgan fingerprint density at radius 3 is 2.27 bits per heavy atom. The molecule has 26 heavy (non-hydrogen) atoms. The molecule has 1 heterocycles. The summed E-state index contributed by atoms with van der Waals surface area (Å²) in [5.41, 5.74) is 2.80. The number of hydrogen-bond donors (Lipinski definition) is 0. The van der Waals surface area contributed by atoms with Gasteiger partial charge in [0.25, 0.3) is 11.8 Å². The number of carbonyl (C=O) groups is 3. The van der Waals surface area contributed by atoms with Gasteiger partial charge in [-0.1, -0.05) is 29.8 Å². The third kappa shape index (κ3) is 3.59. The number of fused-ring (bicyclic) bond motifs is 1. The maximum atomic E-state index is 12.2. The third-order valence-electron chi connectivity index (χ3n) is 4.13. The summed E-state index contributed by atoms with van der Waals surface area (Å²) in [7, 11) is 0. The molecule has 2 aromatic carbocycles. The average molecular weight is 353 g/mol. The van der Waals surface area contributed by atoms with E-state index in [-0.39, 0.29) is 31.6 Å². The van der Waals surface area contributed by atoms with Crippen molar-refractivity contribution in [1.82, 2.24) is 4.90 Å². The fourth-order valence-electron chi connectivity index (χ4n) is 2.83. The van der Waals surface area contributed by atoms with Gasteiger partial charge in [-0.25, -0.2) is 4.79 Å². The first-order valence-corrected chi connectivity index (χ1v) is 8.28. The van der Waals surface area contributed by atoms with Crippen molar-refractivity contribution in [2.75, 3.05) is 19.8 Å². The molecule has 3 rings (SSSR count). The lowest BCUT2D eigenvalue weighted by Gasteiger charge is -2.14. The number of ether oxygens (including phenoxy) is 2. The van der Waals surface area contributed by atoms with Gasteiger partial charge in [0.2, 0.25) is 0 Å². The Balaban J connectivity index is 1.47. The van der Waals surface area contributed by atoms with E-state index >= 15 is 0 Å². The second-order valence-corrected chi connectivity index (χ2v) is 6.09. The Hall–Kier alpha value is -3.15. The van der Waals surface area contributed by atoms with Gasteiger partial charge >= 0.3 is 5.97 Å². The molecule has 1 aliphatic heterocycles. The summed E-state index contributed by atoms with van der Waals surface area (Å²) in [4.78, 5) is 37.3. The quantitative estimate of drug-likeness (QED) is 0.589. The molecule has 0 saturated heterocycles. The fourth-order valence-corrected chi connectivity index (χ4v) is 2.83. The fraction of sp³-hybridized carbons (Fsp3) is 0.250. The number of imide groups is 1. The highest BCUT2D eigenvalue weighted by Gasteiger charge is 2.34. The molecule has 0 aromatic heterocycles. The zero-order chi connectivity index (χ0) is 18.7. The van der Waals surface area contributed by atoms with E-state index < -0.39 is 5.97 Å². The lowest BCUT2D eigenvalue weighted by molar-refractivity contribution is -0.146. The molecular formula is C20H19NO5. The highest BCUT2D eigenvalue weighted by Crippen LogP contribution is 2.22. The maximum absolute atomic E-state index is 12.2. The van der Waals surface area contributed by atoms with Crippen molar-refractivity contribution < 1.29 is 23.9 Å². The van der Waals surface area contributed by atoms with Crippen molar-refractivity contribution in [3.05, 3.63) is 64.7 Å². The predicted molar refractivity (Wildman–Crippen MR) is 94.2 cm³/mol. The Kier molecular flexibility index (Phi) is 5.02. The second-order valence-electron chi connectivity index (χ2n) is 6.09. The first-order chi connectivity index (χ1) is 12.5. The molecular weight excluding hydrogens is 334 g/mol. The summed E-state index contributed by atoms with van der Waals surface area (Å²) in [6.07, 6.45) is 0. The zero-order valence-electron chi connectivity index (χ0n) is 14.7. The van der Waals surface area contributed by atoms with Crippen molar-refractivity contribution in [3.63, 3.8) is 0 Å². The van der Waals surface area contributed by atoms with Crippen molar-refractivity contribution in [1.29, 1.82) is 0 Å². The maximum Gasteiger partial charge on any atom is 0.344 e. The highest BCUT2D eigenvalue weighted by molar-refractivity contribution is 6.21. The summed E-state index contributed by atoms with van der Waals surface area (Å²) >= 11 is 0.